The maximum atomic E-state index is 11.0. The number of ketones is 1. The fourth-order valence-corrected chi connectivity index (χ4v) is 1.37. The minimum atomic E-state index is -2.58. The molecule has 11 heteroatoms. The standard InChI is InChI=1S/C6H12O4.C5H5N5O.BH3/c1-3-5(7)6(8,9)10-4-2;6-5-9-3-2(4(11)10-5)7-1-8-3;/h8-9H,3-4H2,1-2H3;1H,(H4,6,7,8,9,10,11);1H3. The molecule has 0 saturated heterocycles. The Hall–Kier alpha value is -2.24. The molecular weight excluding hydrogens is 293 g/mol. The average molecular weight is 313 g/mol. The molecule has 0 bridgehead atoms. The fourth-order valence-electron chi connectivity index (χ4n) is 1.37. The van der Waals surface area contributed by atoms with E-state index in [9.17, 15) is 9.59 Å². The lowest BCUT2D eigenvalue weighted by Gasteiger charge is -2.17. The van der Waals surface area contributed by atoms with Gasteiger partial charge in [0.2, 0.25) is 11.7 Å². The van der Waals surface area contributed by atoms with Crippen molar-refractivity contribution in [2.45, 2.75) is 26.2 Å². The van der Waals surface area contributed by atoms with Gasteiger partial charge < -0.3 is 25.7 Å². The summed E-state index contributed by atoms with van der Waals surface area (Å²) in [5.74, 6) is -3.23. The van der Waals surface area contributed by atoms with Gasteiger partial charge in [0.05, 0.1) is 21.3 Å². The lowest BCUT2D eigenvalue weighted by Crippen LogP contribution is -2.40. The third-order valence-electron chi connectivity index (χ3n) is 2.34. The molecule has 2 aromatic heterocycles. The normalized spacial score (nSPS) is 10.5. The number of H-pyrrole nitrogens is 2. The number of nitrogens with two attached hydrogens (primary N) is 1. The summed E-state index contributed by atoms with van der Waals surface area (Å²) in [5.41, 5.74) is 5.65. The Morgan fingerprint density at radius 3 is 2.64 bits per heavy atom. The highest BCUT2D eigenvalue weighted by molar-refractivity contribution is 5.83. The second-order valence-electron chi connectivity index (χ2n) is 3.87. The van der Waals surface area contributed by atoms with Crippen LogP contribution in [-0.4, -0.2) is 56.9 Å². The highest BCUT2D eigenvalue weighted by Gasteiger charge is 2.31. The number of hydrogen-bond donors (Lipinski definition) is 5. The highest BCUT2D eigenvalue weighted by atomic mass is 16.8. The molecule has 0 fully saturated rings. The smallest absolute Gasteiger partial charge is 0.341 e. The van der Waals surface area contributed by atoms with E-state index in [1.165, 1.54) is 13.3 Å². The van der Waals surface area contributed by atoms with Crippen LogP contribution < -0.4 is 11.3 Å². The summed E-state index contributed by atoms with van der Waals surface area (Å²) in [5, 5.41) is 17.5. The second kappa shape index (κ2) is 8.27. The molecule has 22 heavy (non-hydrogen) atoms. The number of nitrogens with zero attached hydrogens (tertiary/aromatic N) is 2. The largest absolute Gasteiger partial charge is 0.369 e. The van der Waals surface area contributed by atoms with Gasteiger partial charge in [0.25, 0.3) is 5.56 Å². The number of Topliss-reactive ketones (excluding diaryl/α,β-unsaturated/α-hetero) is 1. The van der Waals surface area contributed by atoms with Gasteiger partial charge in [-0.25, -0.2) is 4.98 Å². The van der Waals surface area contributed by atoms with Crippen LogP contribution in [0.2, 0.25) is 0 Å². The number of carbonyl (C=O) groups excluding carboxylic acids is 1. The highest BCUT2D eigenvalue weighted by Crippen LogP contribution is 2.05. The first kappa shape index (κ1) is 19.8. The molecule has 0 radical (unpaired) electrons. The maximum absolute atomic E-state index is 11.0. The van der Waals surface area contributed by atoms with Crippen molar-refractivity contribution < 1.29 is 19.7 Å². The zero-order valence-electron chi connectivity index (χ0n) is 11.6. The maximum Gasteiger partial charge on any atom is 0.341 e. The predicted molar refractivity (Wildman–Crippen MR) is 83.0 cm³/mol. The second-order valence-corrected chi connectivity index (χ2v) is 3.87. The van der Waals surface area contributed by atoms with E-state index in [0.29, 0.717) is 11.2 Å². The van der Waals surface area contributed by atoms with Gasteiger partial charge in [-0.3, -0.25) is 14.6 Å². The van der Waals surface area contributed by atoms with E-state index in [1.54, 1.807) is 6.92 Å². The van der Waals surface area contributed by atoms with Crippen molar-refractivity contribution in [2.75, 3.05) is 12.3 Å². The summed E-state index contributed by atoms with van der Waals surface area (Å²) in [6.45, 7) is 3.20. The van der Waals surface area contributed by atoms with Crippen LogP contribution in [0.25, 0.3) is 11.2 Å². The first-order chi connectivity index (χ1) is 9.81. The first-order valence-electron chi connectivity index (χ1n) is 6.12. The molecule has 0 aliphatic rings. The van der Waals surface area contributed by atoms with Crippen molar-refractivity contribution in [3.05, 3.63) is 16.7 Å². The zero-order valence-corrected chi connectivity index (χ0v) is 11.6. The predicted octanol–water partition coefficient (Wildman–Crippen LogP) is -2.32. The Kier molecular flexibility index (Phi) is 7.43. The van der Waals surface area contributed by atoms with E-state index >= 15 is 0 Å². The van der Waals surface area contributed by atoms with Crippen molar-refractivity contribution in [3.63, 3.8) is 0 Å². The van der Waals surface area contributed by atoms with Gasteiger partial charge in [0.1, 0.15) is 0 Å². The van der Waals surface area contributed by atoms with Crippen LogP contribution in [0.4, 0.5) is 5.95 Å². The Morgan fingerprint density at radius 2 is 2.09 bits per heavy atom. The molecule has 0 aromatic carbocycles. The third-order valence-corrected chi connectivity index (χ3v) is 2.34. The molecule has 0 aliphatic carbocycles. The third kappa shape index (κ3) is 4.95. The van der Waals surface area contributed by atoms with Crippen molar-refractivity contribution in [1.82, 2.24) is 19.9 Å². The number of fused-ring (bicyclic) bond motifs is 1. The number of nitrogen functional groups attached to an aromatic ring is 1. The van der Waals surface area contributed by atoms with Crippen LogP contribution in [0.3, 0.4) is 0 Å². The monoisotopic (exact) mass is 313 g/mol. The van der Waals surface area contributed by atoms with Crippen LogP contribution in [0.5, 0.6) is 0 Å². The number of aromatic nitrogens is 4. The van der Waals surface area contributed by atoms with E-state index in [2.05, 4.69) is 24.7 Å². The average Bonchev–Trinajstić information content (AvgIpc) is 2.86. The molecule has 2 rings (SSSR count). The number of imidazole rings is 1. The van der Waals surface area contributed by atoms with Gasteiger partial charge in [-0.05, 0) is 6.92 Å². The first-order valence-corrected chi connectivity index (χ1v) is 6.12. The number of aromatic amines is 2. The molecular formula is C11H20BN5O5. The Bertz CT molecular complexity index is 668. The minimum absolute atomic E-state index is 0. The number of anilines is 1. The molecule has 0 aliphatic heterocycles. The van der Waals surface area contributed by atoms with Crippen molar-refractivity contribution >= 4 is 31.3 Å². The van der Waals surface area contributed by atoms with Crippen LogP contribution in [0.1, 0.15) is 20.3 Å². The number of ether oxygens (including phenoxy) is 1. The number of hydrogen-bond acceptors (Lipinski definition) is 8. The molecule has 0 saturated carbocycles. The molecule has 2 heterocycles. The summed E-state index contributed by atoms with van der Waals surface area (Å²) in [4.78, 5) is 34.1. The van der Waals surface area contributed by atoms with Crippen molar-refractivity contribution in [2.24, 2.45) is 0 Å². The van der Waals surface area contributed by atoms with Crippen LogP contribution >= 0.6 is 0 Å². The Morgan fingerprint density at radius 1 is 1.45 bits per heavy atom. The van der Waals surface area contributed by atoms with Crippen molar-refractivity contribution in [1.29, 1.82) is 0 Å². The molecule has 0 spiro atoms. The SMILES string of the molecule is B.CCOC(O)(O)C(=O)CC.Nc1nc2nc[nH]c2c(=O)[nH]1. The zero-order chi connectivity index (χ0) is 16.0. The molecule has 2 aromatic rings. The number of aliphatic hydroxyl groups is 2. The van der Waals surface area contributed by atoms with Crippen LogP contribution in [0, 0.1) is 0 Å². The summed E-state index contributed by atoms with van der Waals surface area (Å²) in [6.07, 6.45) is 1.44. The molecule has 6 N–H and O–H groups in total. The lowest BCUT2D eigenvalue weighted by molar-refractivity contribution is -0.309. The van der Waals surface area contributed by atoms with Crippen molar-refractivity contribution in [3.8, 4) is 0 Å². The molecule has 10 nitrogen and oxygen atoms in total. The van der Waals surface area contributed by atoms with Gasteiger partial charge in [-0.2, -0.15) is 4.98 Å². The molecule has 122 valence electrons. The topological polar surface area (TPSA) is 167 Å². The van der Waals surface area contributed by atoms with Crippen LogP contribution in [0.15, 0.2) is 11.1 Å². The lowest BCUT2D eigenvalue weighted by atomic mass is 10.3. The van der Waals surface area contributed by atoms with Crippen LogP contribution in [-0.2, 0) is 9.53 Å². The Balaban J connectivity index is 0.000000387. The number of nitrogens with one attached hydrogen (secondary N) is 2. The summed E-state index contributed by atoms with van der Waals surface area (Å²) < 4.78 is 4.34. The summed E-state index contributed by atoms with van der Waals surface area (Å²) in [7, 11) is 0. The van der Waals surface area contributed by atoms with Gasteiger partial charge in [0.15, 0.2) is 11.2 Å². The van der Waals surface area contributed by atoms with Gasteiger partial charge in [-0.1, -0.05) is 6.92 Å². The van der Waals surface area contributed by atoms with E-state index in [1.807, 2.05) is 0 Å². The number of rotatable bonds is 4. The molecule has 0 amide bonds. The number of carbonyl (C=O) groups is 1. The summed E-state index contributed by atoms with van der Waals surface area (Å²) >= 11 is 0. The quantitative estimate of drug-likeness (QED) is 0.310. The summed E-state index contributed by atoms with van der Waals surface area (Å²) in [6, 6.07) is 0. The molecule has 0 atom stereocenters. The van der Waals surface area contributed by atoms with E-state index in [-0.39, 0.29) is 32.9 Å². The molecule has 0 unspecified atom stereocenters. The minimum Gasteiger partial charge on any atom is -0.369 e. The van der Waals surface area contributed by atoms with Gasteiger partial charge in [0, 0.05) is 6.42 Å². The van der Waals surface area contributed by atoms with E-state index < -0.39 is 11.8 Å². The van der Waals surface area contributed by atoms with Gasteiger partial charge >= 0.3 is 5.97 Å². The fraction of sp³-hybridized carbons (Fsp3) is 0.455. The van der Waals surface area contributed by atoms with Gasteiger partial charge in [-0.15, -0.1) is 0 Å². The Labute approximate surface area is 127 Å². The van der Waals surface area contributed by atoms with E-state index in [0.717, 1.165) is 0 Å². The van der Waals surface area contributed by atoms with E-state index in [4.69, 9.17) is 15.9 Å².